The highest BCUT2D eigenvalue weighted by Crippen LogP contribution is 2.35. The predicted octanol–water partition coefficient (Wildman–Crippen LogP) is 3.17. The Labute approximate surface area is 164 Å². The van der Waals surface area contributed by atoms with Crippen LogP contribution in [0.15, 0.2) is 51.5 Å². The van der Waals surface area contributed by atoms with E-state index in [2.05, 4.69) is 0 Å². The van der Waals surface area contributed by atoms with Gasteiger partial charge >= 0.3 is 0 Å². The highest BCUT2D eigenvalue weighted by molar-refractivity contribution is 6.19. The number of imide groups is 1. The van der Waals surface area contributed by atoms with E-state index in [0.717, 1.165) is 4.90 Å². The molecule has 0 aliphatic carbocycles. The number of carbonyl (C=O) groups is 2. The Hall–Kier alpha value is -4.19. The number of carbonyl (C=O) groups excluding carboxylic acids is 2. The maximum absolute atomic E-state index is 12.6. The Morgan fingerprint density at radius 2 is 2.00 bits per heavy atom. The number of non-ortho nitro benzene ring substituents is 1. The lowest BCUT2D eigenvalue weighted by Gasteiger charge is -2.25. The lowest BCUT2D eigenvalue weighted by atomic mass is 9.95. The summed E-state index contributed by atoms with van der Waals surface area (Å²) in [6.07, 6.45) is 1.39. The Morgan fingerprint density at radius 1 is 1.28 bits per heavy atom. The molecule has 0 radical (unpaired) electrons. The zero-order valence-corrected chi connectivity index (χ0v) is 15.5. The first kappa shape index (κ1) is 19.6. The lowest BCUT2D eigenvalue weighted by molar-refractivity contribution is -0.384. The van der Waals surface area contributed by atoms with Gasteiger partial charge in [-0.15, -0.1) is 0 Å². The quantitative estimate of drug-likeness (QED) is 0.364. The van der Waals surface area contributed by atoms with E-state index in [4.69, 9.17) is 4.42 Å². The Balaban J connectivity index is 2.07. The number of nitro groups is 1. The molecular weight excluding hydrogens is 378 g/mol. The Morgan fingerprint density at radius 3 is 2.62 bits per heavy atom. The number of furan rings is 1. The maximum atomic E-state index is 12.6. The summed E-state index contributed by atoms with van der Waals surface area (Å²) in [6, 6.07) is 8.36. The van der Waals surface area contributed by atoms with Crippen LogP contribution < -0.4 is 0 Å². The third-order valence-electron chi connectivity index (χ3n) is 4.51. The van der Waals surface area contributed by atoms with Gasteiger partial charge in [0.2, 0.25) is 0 Å². The monoisotopic (exact) mass is 393 g/mol. The molecule has 1 N–H and O–H groups in total. The van der Waals surface area contributed by atoms with Crippen LogP contribution in [0.2, 0.25) is 0 Å². The van der Waals surface area contributed by atoms with E-state index >= 15 is 0 Å². The molecule has 1 aromatic carbocycles. The van der Waals surface area contributed by atoms with Gasteiger partial charge in [-0.2, -0.15) is 5.26 Å². The summed E-state index contributed by atoms with van der Waals surface area (Å²) in [5.41, 5.74) is 0.150. The molecular formula is C20H15N3O6. The second kappa shape index (κ2) is 7.44. The third-order valence-corrected chi connectivity index (χ3v) is 4.51. The van der Waals surface area contributed by atoms with Crippen LogP contribution in [0, 0.1) is 21.4 Å². The second-order valence-corrected chi connectivity index (χ2v) is 6.18. The second-order valence-electron chi connectivity index (χ2n) is 6.18. The minimum absolute atomic E-state index is 0.110. The molecule has 1 aliphatic rings. The number of rotatable bonds is 4. The van der Waals surface area contributed by atoms with Gasteiger partial charge < -0.3 is 9.52 Å². The van der Waals surface area contributed by atoms with Crippen molar-refractivity contribution >= 4 is 23.6 Å². The molecule has 0 atom stereocenters. The van der Waals surface area contributed by atoms with Crippen LogP contribution in [0.3, 0.4) is 0 Å². The molecule has 3 rings (SSSR count). The first-order valence-electron chi connectivity index (χ1n) is 8.55. The number of nitro benzene ring substituents is 1. The lowest BCUT2D eigenvalue weighted by Crippen LogP contribution is -2.42. The summed E-state index contributed by atoms with van der Waals surface area (Å²) < 4.78 is 5.63. The van der Waals surface area contributed by atoms with E-state index in [1.165, 1.54) is 43.3 Å². The summed E-state index contributed by atoms with van der Waals surface area (Å²) in [7, 11) is 0. The van der Waals surface area contributed by atoms with Gasteiger partial charge in [0.1, 0.15) is 28.9 Å². The summed E-state index contributed by atoms with van der Waals surface area (Å²) >= 11 is 0. The van der Waals surface area contributed by atoms with Crippen molar-refractivity contribution < 1.29 is 24.0 Å². The number of nitriles is 1. The van der Waals surface area contributed by atoms with Crippen LogP contribution in [0.25, 0.3) is 17.4 Å². The third kappa shape index (κ3) is 3.39. The van der Waals surface area contributed by atoms with E-state index < -0.39 is 16.7 Å². The van der Waals surface area contributed by atoms with Crippen LogP contribution in [0.5, 0.6) is 5.75 Å². The van der Waals surface area contributed by atoms with Gasteiger partial charge in [-0.05, 0) is 43.7 Å². The van der Waals surface area contributed by atoms with E-state index in [9.17, 15) is 30.1 Å². The first-order chi connectivity index (χ1) is 13.8. The van der Waals surface area contributed by atoms with Gasteiger partial charge in [0, 0.05) is 24.3 Å². The van der Waals surface area contributed by atoms with Crippen molar-refractivity contribution in [2.45, 2.75) is 13.8 Å². The average Bonchev–Trinajstić information content (AvgIpc) is 3.14. The number of nitrogens with zero attached hydrogens (tertiary/aromatic N) is 3. The number of aromatic hydroxyl groups is 1. The number of hydrogen-bond acceptors (Lipinski definition) is 7. The largest absolute Gasteiger partial charge is 0.507 e. The molecule has 9 nitrogen and oxygen atoms in total. The fraction of sp³-hybridized carbons (Fsp3) is 0.150. The van der Waals surface area contributed by atoms with E-state index in [-0.39, 0.29) is 51.8 Å². The molecule has 0 spiro atoms. The van der Waals surface area contributed by atoms with Crippen molar-refractivity contribution in [3.8, 4) is 23.1 Å². The van der Waals surface area contributed by atoms with Crippen LogP contribution in [0.4, 0.5) is 5.69 Å². The zero-order valence-electron chi connectivity index (χ0n) is 15.5. The van der Waals surface area contributed by atoms with Crippen LogP contribution in [0.1, 0.15) is 19.6 Å². The van der Waals surface area contributed by atoms with Gasteiger partial charge in [0.25, 0.3) is 17.5 Å². The molecule has 1 aliphatic heterocycles. The number of likely N-dealkylation sites (N-methyl/N-ethyl adjacent to an activating group) is 1. The molecule has 9 heteroatoms. The van der Waals surface area contributed by atoms with Gasteiger partial charge in [-0.1, -0.05) is 0 Å². The van der Waals surface area contributed by atoms with Crippen molar-refractivity contribution in [1.29, 1.82) is 5.26 Å². The minimum Gasteiger partial charge on any atom is -0.507 e. The molecule has 29 heavy (non-hydrogen) atoms. The average molecular weight is 393 g/mol. The predicted molar refractivity (Wildman–Crippen MR) is 101 cm³/mol. The van der Waals surface area contributed by atoms with E-state index in [1.807, 2.05) is 6.07 Å². The van der Waals surface area contributed by atoms with Crippen LogP contribution >= 0.6 is 0 Å². The fourth-order valence-corrected chi connectivity index (χ4v) is 2.97. The molecule has 0 saturated carbocycles. The normalized spacial score (nSPS) is 15.8. The fourth-order valence-electron chi connectivity index (χ4n) is 2.97. The molecule has 0 bridgehead atoms. The van der Waals surface area contributed by atoms with E-state index in [1.54, 1.807) is 6.92 Å². The smallest absolute Gasteiger partial charge is 0.271 e. The molecule has 2 aromatic rings. The standard InChI is InChI=1S/C20H15N3O6/c1-3-22-19(25)14(11(2)16(10-21)20(22)26)9-13-5-7-18(29-13)15-8-12(23(27)28)4-6-17(15)24/h4-9,24H,3H2,1-2H3/b14-9+. The Kier molecular flexibility index (Phi) is 5.02. The summed E-state index contributed by atoms with van der Waals surface area (Å²) in [6.45, 7) is 3.24. The van der Waals surface area contributed by atoms with Crippen molar-refractivity contribution in [2.24, 2.45) is 0 Å². The van der Waals surface area contributed by atoms with Gasteiger partial charge in [-0.25, -0.2) is 0 Å². The molecule has 1 aromatic heterocycles. The van der Waals surface area contributed by atoms with Crippen molar-refractivity contribution in [3.05, 3.63) is 62.9 Å². The molecule has 0 fully saturated rings. The van der Waals surface area contributed by atoms with Crippen molar-refractivity contribution in [1.82, 2.24) is 4.90 Å². The van der Waals surface area contributed by atoms with Gasteiger partial charge in [0.05, 0.1) is 10.5 Å². The summed E-state index contributed by atoms with van der Waals surface area (Å²) in [5.74, 6) is -1.02. The van der Waals surface area contributed by atoms with Crippen molar-refractivity contribution in [2.75, 3.05) is 6.54 Å². The molecule has 146 valence electrons. The molecule has 0 saturated heterocycles. The topological polar surface area (TPSA) is 138 Å². The number of hydrogen-bond donors (Lipinski definition) is 1. The molecule has 2 heterocycles. The SMILES string of the molecule is CCN1C(=O)C(C#N)=C(C)/C(=C\c2ccc(-c3cc([N+](=O)[O-])ccc3O)o2)C1=O. The van der Waals surface area contributed by atoms with Crippen molar-refractivity contribution in [3.63, 3.8) is 0 Å². The minimum atomic E-state index is -0.642. The molecule has 2 amide bonds. The first-order valence-corrected chi connectivity index (χ1v) is 8.55. The summed E-state index contributed by atoms with van der Waals surface area (Å²) in [4.78, 5) is 36.2. The zero-order chi connectivity index (χ0) is 21.3. The van der Waals surface area contributed by atoms with Gasteiger partial charge in [0.15, 0.2) is 0 Å². The number of phenols is 1. The van der Waals surface area contributed by atoms with Crippen LogP contribution in [-0.4, -0.2) is 33.3 Å². The molecule has 0 unspecified atom stereocenters. The summed E-state index contributed by atoms with van der Waals surface area (Å²) in [5, 5.41) is 30.2. The van der Waals surface area contributed by atoms with Gasteiger partial charge in [-0.3, -0.25) is 24.6 Å². The van der Waals surface area contributed by atoms with E-state index in [0.29, 0.717) is 0 Å². The maximum Gasteiger partial charge on any atom is 0.271 e. The number of phenolic OH excluding ortho intramolecular Hbond substituents is 1. The number of amides is 2. The number of benzene rings is 1. The highest BCUT2D eigenvalue weighted by Gasteiger charge is 2.34. The Bertz CT molecular complexity index is 1150. The van der Waals surface area contributed by atoms with Crippen LogP contribution in [-0.2, 0) is 9.59 Å². The highest BCUT2D eigenvalue weighted by atomic mass is 16.6.